The van der Waals surface area contributed by atoms with Crippen molar-refractivity contribution in [3.8, 4) is 0 Å². The van der Waals surface area contributed by atoms with E-state index in [4.69, 9.17) is 10.8 Å². The maximum atomic E-state index is 10.7. The Morgan fingerprint density at radius 2 is 2.36 bits per heavy atom. The minimum atomic E-state index is -1.67. The van der Waals surface area contributed by atoms with Crippen LogP contribution in [-0.2, 0) is 4.79 Å². The van der Waals surface area contributed by atoms with Crippen LogP contribution in [0.5, 0.6) is 0 Å². The van der Waals surface area contributed by atoms with Crippen LogP contribution in [0.1, 0.15) is 19.8 Å². The van der Waals surface area contributed by atoms with Crippen LogP contribution in [-0.4, -0.2) is 52.4 Å². The largest absolute Gasteiger partial charge is 0.479 e. The molecule has 1 saturated heterocycles. The van der Waals surface area contributed by atoms with Gasteiger partial charge in [-0.3, -0.25) is 4.90 Å². The van der Waals surface area contributed by atoms with E-state index in [1.165, 1.54) is 6.92 Å². The highest BCUT2D eigenvalue weighted by atomic mass is 16.4. The summed E-state index contributed by atoms with van der Waals surface area (Å²) in [7, 11) is 0. The third-order valence-corrected chi connectivity index (χ3v) is 2.53. The van der Waals surface area contributed by atoms with Crippen LogP contribution in [0.15, 0.2) is 0 Å². The van der Waals surface area contributed by atoms with E-state index in [-0.39, 0.29) is 12.6 Å². The Morgan fingerprint density at radius 1 is 1.71 bits per heavy atom. The molecular weight excluding hydrogens is 184 g/mol. The van der Waals surface area contributed by atoms with Crippen molar-refractivity contribution < 1.29 is 15.0 Å². The molecular formula is C9H18N2O3. The number of β-amino-alcohol motifs (C(OH)–C–C–N with tert-alkyl or cyclic N) is 1. The second-order valence-electron chi connectivity index (χ2n) is 4.22. The summed E-state index contributed by atoms with van der Waals surface area (Å²) in [5.41, 5.74) is 4.08. The van der Waals surface area contributed by atoms with Gasteiger partial charge in [0.2, 0.25) is 0 Å². The standard InChI is InChI=1S/C9H18N2O3/c1-9(14,8(12)13)6-11-4-2-3-7(10)5-11/h7,14H,2-6,10H2,1H3,(H,12,13). The molecule has 0 bridgehead atoms. The van der Waals surface area contributed by atoms with Crippen LogP contribution >= 0.6 is 0 Å². The molecule has 1 heterocycles. The lowest BCUT2D eigenvalue weighted by atomic mass is 10.0. The number of carbonyl (C=O) groups is 1. The van der Waals surface area contributed by atoms with Crippen molar-refractivity contribution in [2.75, 3.05) is 19.6 Å². The maximum absolute atomic E-state index is 10.7. The van der Waals surface area contributed by atoms with E-state index in [1.54, 1.807) is 0 Å². The number of hydrogen-bond donors (Lipinski definition) is 3. The molecule has 0 saturated carbocycles. The van der Waals surface area contributed by atoms with Crippen molar-refractivity contribution in [2.24, 2.45) is 5.73 Å². The number of carboxylic acid groups (broad SMARTS) is 1. The molecule has 14 heavy (non-hydrogen) atoms. The van der Waals surface area contributed by atoms with Crippen LogP contribution in [0.2, 0.25) is 0 Å². The summed E-state index contributed by atoms with van der Waals surface area (Å²) in [4.78, 5) is 12.6. The fourth-order valence-corrected chi connectivity index (χ4v) is 1.74. The first-order valence-corrected chi connectivity index (χ1v) is 4.85. The Labute approximate surface area is 83.5 Å². The minimum Gasteiger partial charge on any atom is -0.479 e. The third kappa shape index (κ3) is 2.94. The van der Waals surface area contributed by atoms with Crippen molar-refractivity contribution in [2.45, 2.75) is 31.4 Å². The molecule has 0 aromatic carbocycles. The number of nitrogens with two attached hydrogens (primary N) is 1. The first-order chi connectivity index (χ1) is 6.42. The van der Waals surface area contributed by atoms with E-state index < -0.39 is 11.6 Å². The van der Waals surface area contributed by atoms with Crippen molar-refractivity contribution in [3.63, 3.8) is 0 Å². The number of aliphatic carboxylic acids is 1. The summed E-state index contributed by atoms with van der Waals surface area (Å²) in [6.45, 7) is 2.95. The van der Waals surface area contributed by atoms with Crippen molar-refractivity contribution in [1.82, 2.24) is 4.90 Å². The van der Waals surface area contributed by atoms with Gasteiger partial charge >= 0.3 is 5.97 Å². The monoisotopic (exact) mass is 202 g/mol. The maximum Gasteiger partial charge on any atom is 0.336 e. The van der Waals surface area contributed by atoms with Gasteiger partial charge in [-0.15, -0.1) is 0 Å². The average molecular weight is 202 g/mol. The predicted molar refractivity (Wildman–Crippen MR) is 51.9 cm³/mol. The lowest BCUT2D eigenvalue weighted by Gasteiger charge is -2.34. The molecule has 5 nitrogen and oxygen atoms in total. The predicted octanol–water partition coefficient (Wildman–Crippen LogP) is -0.755. The SMILES string of the molecule is CC(O)(CN1CCCC(N)C1)C(=O)O. The molecule has 5 heteroatoms. The Bertz CT molecular complexity index is 218. The molecule has 1 fully saturated rings. The number of likely N-dealkylation sites (tertiary alicyclic amines) is 1. The molecule has 2 unspecified atom stereocenters. The van der Waals surface area contributed by atoms with Gasteiger partial charge in [0, 0.05) is 19.1 Å². The second-order valence-corrected chi connectivity index (χ2v) is 4.22. The van der Waals surface area contributed by atoms with E-state index >= 15 is 0 Å². The van der Waals surface area contributed by atoms with Crippen LogP contribution in [0, 0.1) is 0 Å². The van der Waals surface area contributed by atoms with Crippen molar-refractivity contribution in [3.05, 3.63) is 0 Å². The zero-order chi connectivity index (χ0) is 10.8. The Kier molecular flexibility index (Phi) is 3.47. The fraction of sp³-hybridized carbons (Fsp3) is 0.889. The highest BCUT2D eigenvalue weighted by Crippen LogP contribution is 2.13. The van der Waals surface area contributed by atoms with E-state index in [9.17, 15) is 9.90 Å². The molecule has 0 amide bonds. The Morgan fingerprint density at radius 3 is 2.86 bits per heavy atom. The van der Waals surface area contributed by atoms with Gasteiger partial charge in [-0.2, -0.15) is 0 Å². The number of piperidine rings is 1. The summed E-state index contributed by atoms with van der Waals surface area (Å²) in [5.74, 6) is -1.18. The van der Waals surface area contributed by atoms with Gasteiger partial charge in [-0.1, -0.05) is 0 Å². The smallest absolute Gasteiger partial charge is 0.336 e. The van der Waals surface area contributed by atoms with Crippen LogP contribution in [0.25, 0.3) is 0 Å². The molecule has 0 spiro atoms. The van der Waals surface area contributed by atoms with Crippen LogP contribution < -0.4 is 5.73 Å². The zero-order valence-electron chi connectivity index (χ0n) is 8.44. The Balaban J connectivity index is 2.47. The molecule has 1 aliphatic rings. The van der Waals surface area contributed by atoms with E-state index in [2.05, 4.69) is 0 Å². The average Bonchev–Trinajstić information content (AvgIpc) is 2.02. The third-order valence-electron chi connectivity index (χ3n) is 2.53. The number of carboxylic acids is 1. The molecule has 0 radical (unpaired) electrons. The lowest BCUT2D eigenvalue weighted by molar-refractivity contribution is -0.158. The Hall–Kier alpha value is -0.650. The van der Waals surface area contributed by atoms with Crippen molar-refractivity contribution in [1.29, 1.82) is 0 Å². The van der Waals surface area contributed by atoms with E-state index in [0.717, 1.165) is 19.4 Å². The second kappa shape index (κ2) is 4.25. The minimum absolute atomic E-state index is 0.105. The fourth-order valence-electron chi connectivity index (χ4n) is 1.74. The summed E-state index contributed by atoms with van der Waals surface area (Å²) in [6.07, 6.45) is 1.95. The summed E-state index contributed by atoms with van der Waals surface area (Å²) in [5, 5.41) is 18.3. The van der Waals surface area contributed by atoms with Crippen LogP contribution in [0.3, 0.4) is 0 Å². The molecule has 0 aromatic rings. The van der Waals surface area contributed by atoms with Gasteiger partial charge in [0.15, 0.2) is 5.60 Å². The van der Waals surface area contributed by atoms with Gasteiger partial charge in [-0.25, -0.2) is 4.79 Å². The van der Waals surface area contributed by atoms with Gasteiger partial charge in [0.25, 0.3) is 0 Å². The molecule has 0 aliphatic carbocycles. The van der Waals surface area contributed by atoms with Gasteiger partial charge in [0.05, 0.1) is 0 Å². The number of rotatable bonds is 3. The molecule has 2 atom stereocenters. The number of nitrogens with zero attached hydrogens (tertiary/aromatic N) is 1. The lowest BCUT2D eigenvalue weighted by Crippen LogP contribution is -2.52. The van der Waals surface area contributed by atoms with E-state index in [1.807, 2.05) is 4.90 Å². The van der Waals surface area contributed by atoms with Crippen molar-refractivity contribution >= 4 is 5.97 Å². The molecule has 1 rings (SSSR count). The van der Waals surface area contributed by atoms with Crippen LogP contribution in [0.4, 0.5) is 0 Å². The quantitative estimate of drug-likeness (QED) is 0.560. The zero-order valence-corrected chi connectivity index (χ0v) is 8.44. The summed E-state index contributed by atoms with van der Waals surface area (Å²) >= 11 is 0. The molecule has 1 aliphatic heterocycles. The summed E-state index contributed by atoms with van der Waals surface area (Å²) < 4.78 is 0. The normalized spacial score (nSPS) is 28.4. The van der Waals surface area contributed by atoms with Gasteiger partial charge < -0.3 is 15.9 Å². The first-order valence-electron chi connectivity index (χ1n) is 4.85. The number of aliphatic hydroxyl groups is 1. The van der Waals surface area contributed by atoms with Gasteiger partial charge in [-0.05, 0) is 26.3 Å². The topological polar surface area (TPSA) is 86.8 Å². The summed E-state index contributed by atoms with van der Waals surface area (Å²) in [6, 6.07) is 0.105. The van der Waals surface area contributed by atoms with E-state index in [0.29, 0.717) is 6.54 Å². The van der Waals surface area contributed by atoms with Gasteiger partial charge in [0.1, 0.15) is 0 Å². The highest BCUT2D eigenvalue weighted by molar-refractivity contribution is 5.76. The molecule has 0 aromatic heterocycles. The highest BCUT2D eigenvalue weighted by Gasteiger charge is 2.33. The molecule has 82 valence electrons. The number of hydrogen-bond acceptors (Lipinski definition) is 4. The first kappa shape index (κ1) is 11.4. The molecule has 4 N–H and O–H groups in total.